The Bertz CT molecular complexity index is 258. The van der Waals surface area contributed by atoms with E-state index in [9.17, 15) is 0 Å². The summed E-state index contributed by atoms with van der Waals surface area (Å²) in [7, 11) is 0. The molecular formula is C11H17NS. The number of rotatable bonds is 3. The number of thiol groups is 1. The van der Waals surface area contributed by atoms with Gasteiger partial charge in [-0.05, 0) is 32.9 Å². The van der Waals surface area contributed by atoms with Crippen LogP contribution in [0.2, 0.25) is 0 Å². The second-order valence-electron chi connectivity index (χ2n) is 4.03. The molecule has 1 N–H and O–H groups in total. The van der Waals surface area contributed by atoms with Crippen LogP contribution >= 0.6 is 12.6 Å². The number of hydrogen-bond acceptors (Lipinski definition) is 2. The molecule has 0 bridgehead atoms. The standard InChI is InChI=1S/C11H17NS/c1-9-4-6-10(7-5-9)12-8-11(2,3)13/h4-7,12-13H,8H2,1-3H3. The fourth-order valence-electron chi connectivity index (χ4n) is 0.990. The first-order chi connectivity index (χ1) is 5.97. The molecule has 0 fully saturated rings. The second-order valence-corrected chi connectivity index (χ2v) is 5.24. The predicted molar refractivity (Wildman–Crippen MR) is 62.7 cm³/mol. The Hall–Kier alpha value is -0.630. The number of anilines is 1. The smallest absolute Gasteiger partial charge is 0.0340 e. The van der Waals surface area contributed by atoms with Gasteiger partial charge in [0, 0.05) is 17.0 Å². The Morgan fingerprint density at radius 3 is 2.23 bits per heavy atom. The van der Waals surface area contributed by atoms with E-state index in [0.29, 0.717) is 0 Å². The molecule has 0 amide bonds. The summed E-state index contributed by atoms with van der Waals surface area (Å²) in [6.07, 6.45) is 0. The van der Waals surface area contributed by atoms with Gasteiger partial charge in [0.1, 0.15) is 0 Å². The minimum Gasteiger partial charge on any atom is -0.384 e. The zero-order chi connectivity index (χ0) is 9.90. The molecule has 0 unspecified atom stereocenters. The van der Waals surface area contributed by atoms with Crippen LogP contribution in [0.5, 0.6) is 0 Å². The molecule has 0 saturated heterocycles. The Morgan fingerprint density at radius 1 is 1.23 bits per heavy atom. The molecule has 0 aromatic heterocycles. The SMILES string of the molecule is Cc1ccc(NCC(C)(C)S)cc1. The highest BCUT2D eigenvalue weighted by atomic mass is 32.1. The van der Waals surface area contributed by atoms with Gasteiger partial charge in [-0.15, -0.1) is 0 Å². The van der Waals surface area contributed by atoms with E-state index in [0.717, 1.165) is 12.2 Å². The minimum atomic E-state index is 0.0326. The molecule has 0 spiro atoms. The molecule has 0 atom stereocenters. The highest BCUT2D eigenvalue weighted by molar-refractivity contribution is 7.81. The molecule has 0 saturated carbocycles. The van der Waals surface area contributed by atoms with Crippen molar-refractivity contribution in [1.29, 1.82) is 0 Å². The number of hydrogen-bond donors (Lipinski definition) is 2. The minimum absolute atomic E-state index is 0.0326. The summed E-state index contributed by atoms with van der Waals surface area (Å²) in [5.74, 6) is 0. The van der Waals surface area contributed by atoms with Crippen LogP contribution in [0.25, 0.3) is 0 Å². The van der Waals surface area contributed by atoms with E-state index < -0.39 is 0 Å². The summed E-state index contributed by atoms with van der Waals surface area (Å²) >= 11 is 4.44. The molecule has 0 aliphatic heterocycles. The molecule has 1 aromatic rings. The van der Waals surface area contributed by atoms with Crippen LogP contribution in [-0.2, 0) is 0 Å². The normalized spacial score (nSPS) is 11.4. The van der Waals surface area contributed by atoms with E-state index in [-0.39, 0.29) is 4.75 Å². The Balaban J connectivity index is 2.51. The first-order valence-corrected chi connectivity index (χ1v) is 4.95. The summed E-state index contributed by atoms with van der Waals surface area (Å²) < 4.78 is 0.0326. The van der Waals surface area contributed by atoms with E-state index >= 15 is 0 Å². The average Bonchev–Trinajstić information content (AvgIpc) is 2.02. The largest absolute Gasteiger partial charge is 0.384 e. The van der Waals surface area contributed by atoms with Gasteiger partial charge in [0.15, 0.2) is 0 Å². The maximum absolute atomic E-state index is 4.44. The van der Waals surface area contributed by atoms with Crippen molar-refractivity contribution < 1.29 is 0 Å². The van der Waals surface area contributed by atoms with Gasteiger partial charge in [-0.25, -0.2) is 0 Å². The third-order valence-corrected chi connectivity index (χ3v) is 1.93. The van der Waals surface area contributed by atoms with E-state index in [1.54, 1.807) is 0 Å². The first-order valence-electron chi connectivity index (χ1n) is 4.50. The first kappa shape index (κ1) is 10.5. The van der Waals surface area contributed by atoms with Gasteiger partial charge in [-0.2, -0.15) is 12.6 Å². The highest BCUT2D eigenvalue weighted by Gasteiger charge is 2.09. The molecule has 0 radical (unpaired) electrons. The van der Waals surface area contributed by atoms with Crippen molar-refractivity contribution in [3.05, 3.63) is 29.8 Å². The summed E-state index contributed by atoms with van der Waals surface area (Å²) in [6, 6.07) is 8.39. The lowest BCUT2D eigenvalue weighted by Gasteiger charge is -2.18. The van der Waals surface area contributed by atoms with Gasteiger partial charge < -0.3 is 5.32 Å². The molecule has 0 aliphatic rings. The van der Waals surface area contributed by atoms with Gasteiger partial charge in [0.05, 0.1) is 0 Å². The monoisotopic (exact) mass is 195 g/mol. The zero-order valence-electron chi connectivity index (χ0n) is 8.46. The maximum Gasteiger partial charge on any atom is 0.0340 e. The third kappa shape index (κ3) is 4.23. The summed E-state index contributed by atoms with van der Waals surface area (Å²) in [5.41, 5.74) is 2.45. The Labute approximate surface area is 86.0 Å². The Morgan fingerprint density at radius 2 is 1.77 bits per heavy atom. The lowest BCUT2D eigenvalue weighted by molar-refractivity contribution is 0.758. The van der Waals surface area contributed by atoms with Crippen molar-refractivity contribution in [2.24, 2.45) is 0 Å². The van der Waals surface area contributed by atoms with Crippen LogP contribution in [0.1, 0.15) is 19.4 Å². The van der Waals surface area contributed by atoms with Crippen LogP contribution in [-0.4, -0.2) is 11.3 Å². The van der Waals surface area contributed by atoms with Gasteiger partial charge in [0.2, 0.25) is 0 Å². The van der Waals surface area contributed by atoms with Crippen LogP contribution < -0.4 is 5.32 Å². The van der Waals surface area contributed by atoms with Crippen molar-refractivity contribution in [1.82, 2.24) is 0 Å². The molecule has 13 heavy (non-hydrogen) atoms. The average molecular weight is 195 g/mol. The molecule has 1 rings (SSSR count). The van der Waals surface area contributed by atoms with E-state index in [1.165, 1.54) is 5.56 Å². The molecular weight excluding hydrogens is 178 g/mol. The summed E-state index contributed by atoms with van der Waals surface area (Å²) in [5, 5.41) is 3.34. The fourth-order valence-corrected chi connectivity index (χ4v) is 1.07. The number of aryl methyl sites for hydroxylation is 1. The topological polar surface area (TPSA) is 12.0 Å². The quantitative estimate of drug-likeness (QED) is 0.706. The van der Waals surface area contributed by atoms with E-state index in [1.807, 2.05) is 0 Å². The molecule has 1 aromatic carbocycles. The van der Waals surface area contributed by atoms with Crippen LogP contribution in [0, 0.1) is 6.92 Å². The van der Waals surface area contributed by atoms with E-state index in [4.69, 9.17) is 0 Å². The lowest BCUT2D eigenvalue weighted by Crippen LogP contribution is -2.23. The number of benzene rings is 1. The van der Waals surface area contributed by atoms with Crippen LogP contribution in [0.15, 0.2) is 24.3 Å². The van der Waals surface area contributed by atoms with Gasteiger partial charge in [-0.3, -0.25) is 0 Å². The van der Waals surface area contributed by atoms with Crippen LogP contribution in [0.4, 0.5) is 5.69 Å². The summed E-state index contributed by atoms with van der Waals surface area (Å²) in [6.45, 7) is 7.15. The molecule has 0 heterocycles. The lowest BCUT2D eigenvalue weighted by atomic mass is 10.2. The van der Waals surface area contributed by atoms with Crippen molar-refractivity contribution in [2.75, 3.05) is 11.9 Å². The molecule has 0 aliphatic carbocycles. The highest BCUT2D eigenvalue weighted by Crippen LogP contribution is 2.14. The maximum atomic E-state index is 4.44. The van der Waals surface area contributed by atoms with E-state index in [2.05, 4.69) is 63.0 Å². The fraction of sp³-hybridized carbons (Fsp3) is 0.455. The van der Waals surface area contributed by atoms with Crippen molar-refractivity contribution in [2.45, 2.75) is 25.5 Å². The van der Waals surface area contributed by atoms with Gasteiger partial charge in [-0.1, -0.05) is 17.7 Å². The number of nitrogens with one attached hydrogen (secondary N) is 1. The molecule has 1 nitrogen and oxygen atoms in total. The molecule has 2 heteroatoms. The zero-order valence-corrected chi connectivity index (χ0v) is 9.36. The van der Waals surface area contributed by atoms with Crippen LogP contribution in [0.3, 0.4) is 0 Å². The Kier molecular flexibility index (Phi) is 3.26. The molecule has 72 valence electrons. The van der Waals surface area contributed by atoms with Crippen molar-refractivity contribution >= 4 is 18.3 Å². The van der Waals surface area contributed by atoms with Crippen molar-refractivity contribution in [3.8, 4) is 0 Å². The predicted octanol–water partition coefficient (Wildman–Crippen LogP) is 3.12. The summed E-state index contributed by atoms with van der Waals surface area (Å²) in [4.78, 5) is 0. The van der Waals surface area contributed by atoms with Crippen molar-refractivity contribution in [3.63, 3.8) is 0 Å². The van der Waals surface area contributed by atoms with Gasteiger partial charge >= 0.3 is 0 Å². The van der Waals surface area contributed by atoms with Gasteiger partial charge in [0.25, 0.3) is 0 Å². The second kappa shape index (κ2) is 4.05. The third-order valence-electron chi connectivity index (χ3n) is 1.78.